The van der Waals surface area contributed by atoms with Crippen LogP contribution in [-0.2, 0) is 17.8 Å². The predicted octanol–water partition coefficient (Wildman–Crippen LogP) is 3.43. The van der Waals surface area contributed by atoms with Crippen LogP contribution in [0.1, 0.15) is 42.3 Å². The van der Waals surface area contributed by atoms with Crippen LogP contribution in [0.4, 0.5) is 0 Å². The van der Waals surface area contributed by atoms with Crippen LogP contribution in [-0.4, -0.2) is 43.0 Å². The molecular formula is C24H30N2O4. The zero-order valence-corrected chi connectivity index (χ0v) is 17.9. The fourth-order valence-electron chi connectivity index (χ4n) is 3.59. The van der Waals surface area contributed by atoms with Gasteiger partial charge in [-0.3, -0.25) is 9.59 Å². The van der Waals surface area contributed by atoms with Crippen LogP contribution in [0.25, 0.3) is 0 Å². The number of benzene rings is 2. The van der Waals surface area contributed by atoms with Gasteiger partial charge in [-0.15, -0.1) is 0 Å². The summed E-state index contributed by atoms with van der Waals surface area (Å²) < 4.78 is 11.3. The lowest BCUT2D eigenvalue weighted by atomic mass is 9.95. The predicted molar refractivity (Wildman–Crippen MR) is 116 cm³/mol. The standard InChI is InChI=1S/C24H30N2O4/c1-4-26(5-2)24(28)18-9-7-17(8-10-18)15-25-23(27)20-13-19-14-21(29-6-3)11-12-22(19)30-16-20/h7-12,14,20H,4-6,13,15-16H2,1-3H3,(H,25,27). The molecule has 2 amide bonds. The lowest BCUT2D eigenvalue weighted by molar-refractivity contribution is -0.126. The van der Waals surface area contributed by atoms with Crippen LogP contribution < -0.4 is 14.8 Å². The summed E-state index contributed by atoms with van der Waals surface area (Å²) in [5.74, 6) is 1.36. The zero-order chi connectivity index (χ0) is 21.5. The van der Waals surface area contributed by atoms with Crippen LogP contribution in [0, 0.1) is 5.92 Å². The summed E-state index contributed by atoms with van der Waals surface area (Å²) in [5.41, 5.74) is 2.61. The molecule has 6 nitrogen and oxygen atoms in total. The molecule has 0 fully saturated rings. The molecule has 0 aliphatic carbocycles. The molecule has 3 rings (SSSR count). The fraction of sp³-hybridized carbons (Fsp3) is 0.417. The maximum absolute atomic E-state index is 12.7. The van der Waals surface area contributed by atoms with Crippen LogP contribution in [0.15, 0.2) is 42.5 Å². The van der Waals surface area contributed by atoms with Crippen molar-refractivity contribution >= 4 is 11.8 Å². The van der Waals surface area contributed by atoms with E-state index in [0.717, 1.165) is 22.6 Å². The Morgan fingerprint density at radius 2 is 1.83 bits per heavy atom. The molecule has 2 aromatic carbocycles. The highest BCUT2D eigenvalue weighted by Gasteiger charge is 2.26. The Bertz CT molecular complexity index is 875. The van der Waals surface area contributed by atoms with Gasteiger partial charge in [0.05, 0.1) is 12.5 Å². The number of fused-ring (bicyclic) bond motifs is 1. The largest absolute Gasteiger partial charge is 0.494 e. The first-order valence-corrected chi connectivity index (χ1v) is 10.6. The van der Waals surface area contributed by atoms with Gasteiger partial charge in [-0.1, -0.05) is 12.1 Å². The van der Waals surface area contributed by atoms with E-state index in [9.17, 15) is 9.59 Å². The van der Waals surface area contributed by atoms with E-state index in [1.54, 1.807) is 4.90 Å². The van der Waals surface area contributed by atoms with Gasteiger partial charge in [-0.25, -0.2) is 0 Å². The van der Waals surface area contributed by atoms with Crippen LogP contribution in [0.5, 0.6) is 11.5 Å². The second-order valence-corrected chi connectivity index (χ2v) is 7.31. The third-order valence-electron chi connectivity index (χ3n) is 5.34. The Balaban J connectivity index is 1.56. The molecular weight excluding hydrogens is 380 g/mol. The summed E-state index contributed by atoms with van der Waals surface area (Å²) in [6.07, 6.45) is 0.624. The smallest absolute Gasteiger partial charge is 0.253 e. The molecule has 0 saturated carbocycles. The molecule has 2 aromatic rings. The van der Waals surface area contributed by atoms with Crippen molar-refractivity contribution in [2.24, 2.45) is 5.92 Å². The average Bonchev–Trinajstić information content (AvgIpc) is 2.78. The Kier molecular flexibility index (Phi) is 7.33. The Morgan fingerprint density at radius 3 is 2.50 bits per heavy atom. The highest BCUT2D eigenvalue weighted by Crippen LogP contribution is 2.30. The van der Waals surface area contributed by atoms with Crippen molar-refractivity contribution in [1.29, 1.82) is 0 Å². The summed E-state index contributed by atoms with van der Waals surface area (Å²) >= 11 is 0. The number of hydrogen-bond acceptors (Lipinski definition) is 4. The van der Waals surface area contributed by atoms with Gasteiger partial charge in [-0.2, -0.15) is 0 Å². The summed E-state index contributed by atoms with van der Waals surface area (Å²) in [6, 6.07) is 13.1. The lowest BCUT2D eigenvalue weighted by Crippen LogP contribution is -2.37. The first kappa shape index (κ1) is 21.7. The van der Waals surface area contributed by atoms with Gasteiger partial charge in [0.2, 0.25) is 5.91 Å². The van der Waals surface area contributed by atoms with Crippen LogP contribution >= 0.6 is 0 Å². The van der Waals surface area contributed by atoms with Crippen molar-refractivity contribution in [2.45, 2.75) is 33.7 Å². The Labute approximate surface area is 178 Å². The third kappa shape index (κ3) is 5.12. The quantitative estimate of drug-likeness (QED) is 0.724. The van der Waals surface area contributed by atoms with Gasteiger partial charge >= 0.3 is 0 Å². The first-order valence-electron chi connectivity index (χ1n) is 10.6. The second kappa shape index (κ2) is 10.1. The van der Waals surface area contributed by atoms with Crippen molar-refractivity contribution in [3.8, 4) is 11.5 Å². The number of hydrogen-bond donors (Lipinski definition) is 1. The van der Waals surface area contributed by atoms with E-state index in [-0.39, 0.29) is 17.7 Å². The van der Waals surface area contributed by atoms with Gasteiger partial charge < -0.3 is 19.7 Å². The maximum Gasteiger partial charge on any atom is 0.253 e. The van der Waals surface area contributed by atoms with E-state index in [2.05, 4.69) is 5.32 Å². The normalized spacial score (nSPS) is 15.0. The monoisotopic (exact) mass is 410 g/mol. The molecule has 160 valence electrons. The van der Waals surface area contributed by atoms with E-state index in [1.165, 1.54) is 0 Å². The highest BCUT2D eigenvalue weighted by molar-refractivity contribution is 5.94. The fourth-order valence-corrected chi connectivity index (χ4v) is 3.59. The molecule has 0 spiro atoms. The van der Waals surface area contributed by atoms with E-state index in [1.807, 2.05) is 63.2 Å². The molecule has 1 heterocycles. The molecule has 1 aliphatic rings. The molecule has 6 heteroatoms. The van der Waals surface area contributed by atoms with E-state index in [4.69, 9.17) is 9.47 Å². The number of nitrogens with zero attached hydrogens (tertiary/aromatic N) is 1. The Morgan fingerprint density at radius 1 is 1.10 bits per heavy atom. The van der Waals surface area contributed by atoms with Crippen molar-refractivity contribution in [3.05, 3.63) is 59.2 Å². The summed E-state index contributed by atoms with van der Waals surface area (Å²) in [5, 5.41) is 2.99. The third-order valence-corrected chi connectivity index (χ3v) is 5.34. The van der Waals surface area contributed by atoms with Crippen molar-refractivity contribution in [3.63, 3.8) is 0 Å². The SMILES string of the molecule is CCOc1ccc2c(c1)CC(C(=O)NCc1ccc(C(=O)N(CC)CC)cc1)CO2. The molecule has 0 saturated heterocycles. The molecule has 1 atom stereocenters. The summed E-state index contributed by atoms with van der Waals surface area (Å²) in [4.78, 5) is 26.8. The van der Waals surface area contributed by atoms with Gasteiger partial charge in [0.25, 0.3) is 5.91 Å². The molecule has 0 aromatic heterocycles. The molecule has 0 bridgehead atoms. The lowest BCUT2D eigenvalue weighted by Gasteiger charge is -2.25. The topological polar surface area (TPSA) is 67.9 Å². The minimum absolute atomic E-state index is 0.0278. The van der Waals surface area contributed by atoms with Crippen molar-refractivity contribution in [2.75, 3.05) is 26.3 Å². The molecule has 30 heavy (non-hydrogen) atoms. The van der Waals surface area contributed by atoms with E-state index in [0.29, 0.717) is 44.8 Å². The van der Waals surface area contributed by atoms with Crippen molar-refractivity contribution < 1.29 is 19.1 Å². The number of amides is 2. The number of rotatable bonds is 8. The average molecular weight is 411 g/mol. The number of carbonyl (C=O) groups is 2. The number of carbonyl (C=O) groups excluding carboxylic acids is 2. The van der Waals surface area contributed by atoms with Gasteiger partial charge in [0.15, 0.2) is 0 Å². The number of nitrogens with one attached hydrogen (secondary N) is 1. The van der Waals surface area contributed by atoms with Gasteiger partial charge in [0, 0.05) is 25.2 Å². The molecule has 1 unspecified atom stereocenters. The molecule has 1 aliphatic heterocycles. The summed E-state index contributed by atoms with van der Waals surface area (Å²) in [6.45, 7) is 8.64. The van der Waals surface area contributed by atoms with Crippen LogP contribution in [0.2, 0.25) is 0 Å². The highest BCUT2D eigenvalue weighted by atomic mass is 16.5. The molecule has 1 N–H and O–H groups in total. The van der Waals surface area contributed by atoms with E-state index < -0.39 is 0 Å². The summed E-state index contributed by atoms with van der Waals surface area (Å²) in [7, 11) is 0. The second-order valence-electron chi connectivity index (χ2n) is 7.31. The van der Waals surface area contributed by atoms with Gasteiger partial charge in [-0.05, 0) is 68.7 Å². The maximum atomic E-state index is 12.7. The minimum atomic E-state index is -0.238. The molecule has 0 radical (unpaired) electrons. The zero-order valence-electron chi connectivity index (χ0n) is 17.9. The van der Waals surface area contributed by atoms with Gasteiger partial charge in [0.1, 0.15) is 18.1 Å². The first-order chi connectivity index (χ1) is 14.5. The van der Waals surface area contributed by atoms with Crippen molar-refractivity contribution in [1.82, 2.24) is 10.2 Å². The van der Waals surface area contributed by atoms with Crippen LogP contribution in [0.3, 0.4) is 0 Å². The Hall–Kier alpha value is -3.02. The van der Waals surface area contributed by atoms with E-state index >= 15 is 0 Å². The minimum Gasteiger partial charge on any atom is -0.494 e. The number of ether oxygens (including phenoxy) is 2.